The minimum Gasteiger partial charge on any atom is -0.363 e. The molecule has 1 amide bonds. The quantitative estimate of drug-likeness (QED) is 0.878. The summed E-state index contributed by atoms with van der Waals surface area (Å²) in [6, 6.07) is 9.19. The van der Waals surface area contributed by atoms with E-state index in [2.05, 4.69) is 21.9 Å². The Bertz CT molecular complexity index is 475. The van der Waals surface area contributed by atoms with Crippen molar-refractivity contribution in [3.8, 4) is 0 Å². The average molecular weight is 230 g/mol. The molecule has 4 heteroatoms. The van der Waals surface area contributed by atoms with Crippen LogP contribution in [0.3, 0.4) is 0 Å². The Balaban J connectivity index is 2.04. The third-order valence-electron chi connectivity index (χ3n) is 2.43. The van der Waals surface area contributed by atoms with Crippen molar-refractivity contribution in [1.29, 1.82) is 0 Å². The molecule has 1 aromatic carbocycles. The minimum absolute atomic E-state index is 0.179. The third kappa shape index (κ3) is 2.93. The van der Waals surface area contributed by atoms with Crippen LogP contribution in [0.25, 0.3) is 0 Å². The number of rotatable bonds is 4. The molecule has 0 fully saturated rings. The third-order valence-corrected chi connectivity index (χ3v) is 2.43. The molecule has 0 unspecified atom stereocenters. The lowest BCUT2D eigenvalue weighted by atomic mass is 10.1. The van der Waals surface area contributed by atoms with Crippen LogP contribution in [0.4, 0.5) is 5.82 Å². The summed E-state index contributed by atoms with van der Waals surface area (Å²) in [6.07, 6.45) is 3.55. The standard InChI is InChI=1S/C13H14N2O2/c1-2-3-10-4-6-11(7-5-10)13(16)14-12-8-9-17-15-12/h4-9H,2-3H2,1H3,(H,14,15,16). The van der Waals surface area contributed by atoms with Crippen molar-refractivity contribution in [2.75, 3.05) is 5.32 Å². The zero-order valence-electron chi connectivity index (χ0n) is 9.64. The van der Waals surface area contributed by atoms with Gasteiger partial charge in [-0.1, -0.05) is 30.6 Å². The van der Waals surface area contributed by atoms with Gasteiger partial charge in [0.15, 0.2) is 5.82 Å². The zero-order chi connectivity index (χ0) is 12.1. The molecule has 0 atom stereocenters. The van der Waals surface area contributed by atoms with Crippen LogP contribution in [0.2, 0.25) is 0 Å². The SMILES string of the molecule is CCCc1ccc(C(=O)Nc2ccon2)cc1. The molecule has 0 bridgehead atoms. The van der Waals surface area contributed by atoms with Gasteiger partial charge in [-0.3, -0.25) is 4.79 Å². The van der Waals surface area contributed by atoms with Crippen molar-refractivity contribution >= 4 is 11.7 Å². The number of aromatic nitrogens is 1. The van der Waals surface area contributed by atoms with E-state index in [1.165, 1.54) is 11.8 Å². The normalized spacial score (nSPS) is 10.2. The van der Waals surface area contributed by atoms with Crippen molar-refractivity contribution < 1.29 is 9.32 Å². The number of carbonyl (C=O) groups is 1. The van der Waals surface area contributed by atoms with Crippen LogP contribution in [-0.2, 0) is 6.42 Å². The lowest BCUT2D eigenvalue weighted by Gasteiger charge is -2.03. The zero-order valence-corrected chi connectivity index (χ0v) is 9.64. The predicted molar refractivity (Wildman–Crippen MR) is 64.9 cm³/mol. The number of amides is 1. The maximum atomic E-state index is 11.8. The summed E-state index contributed by atoms with van der Waals surface area (Å²) in [6.45, 7) is 2.13. The molecule has 0 aliphatic rings. The maximum Gasteiger partial charge on any atom is 0.256 e. The molecule has 0 saturated carbocycles. The average Bonchev–Trinajstić information content (AvgIpc) is 2.83. The lowest BCUT2D eigenvalue weighted by Crippen LogP contribution is -2.11. The number of nitrogens with zero attached hydrogens (tertiary/aromatic N) is 1. The molecule has 4 nitrogen and oxygen atoms in total. The number of hydrogen-bond donors (Lipinski definition) is 1. The van der Waals surface area contributed by atoms with Gasteiger partial charge in [0, 0.05) is 11.6 Å². The summed E-state index contributed by atoms with van der Waals surface area (Å²) in [5.74, 6) is 0.245. The van der Waals surface area contributed by atoms with Crippen molar-refractivity contribution in [1.82, 2.24) is 5.16 Å². The van der Waals surface area contributed by atoms with Crippen LogP contribution in [0.5, 0.6) is 0 Å². The van der Waals surface area contributed by atoms with Crippen molar-refractivity contribution in [2.45, 2.75) is 19.8 Å². The van der Waals surface area contributed by atoms with Gasteiger partial charge < -0.3 is 9.84 Å². The van der Waals surface area contributed by atoms with E-state index in [0.29, 0.717) is 11.4 Å². The van der Waals surface area contributed by atoms with E-state index in [-0.39, 0.29) is 5.91 Å². The van der Waals surface area contributed by atoms with Gasteiger partial charge in [-0.15, -0.1) is 0 Å². The number of hydrogen-bond acceptors (Lipinski definition) is 3. The van der Waals surface area contributed by atoms with Crippen LogP contribution < -0.4 is 5.32 Å². The molecule has 0 spiro atoms. The van der Waals surface area contributed by atoms with E-state index >= 15 is 0 Å². The van der Waals surface area contributed by atoms with Gasteiger partial charge in [0.1, 0.15) is 6.26 Å². The number of carbonyl (C=O) groups excluding carboxylic acids is 1. The van der Waals surface area contributed by atoms with Gasteiger partial charge in [0.2, 0.25) is 0 Å². The van der Waals surface area contributed by atoms with Crippen LogP contribution in [0.15, 0.2) is 41.1 Å². The fourth-order valence-corrected chi connectivity index (χ4v) is 1.58. The summed E-state index contributed by atoms with van der Waals surface area (Å²) in [5, 5.41) is 6.27. The van der Waals surface area contributed by atoms with Crippen LogP contribution in [0, 0.1) is 0 Å². The van der Waals surface area contributed by atoms with Gasteiger partial charge in [-0.2, -0.15) is 0 Å². The molecule has 1 heterocycles. The van der Waals surface area contributed by atoms with Crippen LogP contribution in [-0.4, -0.2) is 11.1 Å². The van der Waals surface area contributed by atoms with Gasteiger partial charge >= 0.3 is 0 Å². The van der Waals surface area contributed by atoms with Crippen molar-refractivity contribution in [3.05, 3.63) is 47.7 Å². The molecular weight excluding hydrogens is 216 g/mol. The van der Waals surface area contributed by atoms with Gasteiger partial charge in [0.25, 0.3) is 5.91 Å². The summed E-state index contributed by atoms with van der Waals surface area (Å²) >= 11 is 0. The van der Waals surface area contributed by atoms with E-state index in [0.717, 1.165) is 12.8 Å². The van der Waals surface area contributed by atoms with Crippen LogP contribution in [0.1, 0.15) is 29.3 Å². The Morgan fingerprint density at radius 2 is 2.06 bits per heavy atom. The van der Waals surface area contributed by atoms with Gasteiger partial charge in [-0.25, -0.2) is 0 Å². The van der Waals surface area contributed by atoms with Crippen LogP contribution >= 0.6 is 0 Å². The van der Waals surface area contributed by atoms with E-state index in [9.17, 15) is 4.79 Å². The highest BCUT2D eigenvalue weighted by Gasteiger charge is 2.07. The van der Waals surface area contributed by atoms with E-state index in [1.807, 2.05) is 24.3 Å². The first kappa shape index (κ1) is 11.4. The van der Waals surface area contributed by atoms with E-state index < -0.39 is 0 Å². The fourth-order valence-electron chi connectivity index (χ4n) is 1.58. The first-order valence-corrected chi connectivity index (χ1v) is 5.60. The number of aryl methyl sites for hydroxylation is 1. The molecule has 2 aromatic rings. The van der Waals surface area contributed by atoms with Gasteiger partial charge in [0.05, 0.1) is 0 Å². The molecule has 2 rings (SSSR count). The van der Waals surface area contributed by atoms with E-state index in [1.54, 1.807) is 6.07 Å². The Kier molecular flexibility index (Phi) is 3.55. The second kappa shape index (κ2) is 5.30. The van der Waals surface area contributed by atoms with Gasteiger partial charge in [-0.05, 0) is 24.1 Å². The summed E-state index contributed by atoms with van der Waals surface area (Å²) in [5.41, 5.74) is 1.86. The number of benzene rings is 1. The molecule has 0 radical (unpaired) electrons. The molecule has 1 N–H and O–H groups in total. The predicted octanol–water partition coefficient (Wildman–Crippen LogP) is 2.88. The molecule has 0 saturated heterocycles. The summed E-state index contributed by atoms with van der Waals surface area (Å²) in [4.78, 5) is 11.8. The first-order chi connectivity index (χ1) is 8.29. The largest absolute Gasteiger partial charge is 0.363 e. The lowest BCUT2D eigenvalue weighted by molar-refractivity contribution is 0.102. The summed E-state index contributed by atoms with van der Waals surface area (Å²) in [7, 11) is 0. The smallest absolute Gasteiger partial charge is 0.256 e. The topological polar surface area (TPSA) is 55.1 Å². The molecule has 17 heavy (non-hydrogen) atoms. The maximum absolute atomic E-state index is 11.8. The van der Waals surface area contributed by atoms with Crippen molar-refractivity contribution in [3.63, 3.8) is 0 Å². The molecule has 0 aliphatic heterocycles. The Morgan fingerprint density at radius 1 is 1.29 bits per heavy atom. The monoisotopic (exact) mass is 230 g/mol. The second-order valence-corrected chi connectivity index (χ2v) is 3.79. The number of nitrogens with one attached hydrogen (secondary N) is 1. The minimum atomic E-state index is -0.179. The highest BCUT2D eigenvalue weighted by atomic mass is 16.5. The highest BCUT2D eigenvalue weighted by molar-refractivity contribution is 6.03. The molecule has 0 aliphatic carbocycles. The fraction of sp³-hybridized carbons (Fsp3) is 0.231. The molecule has 1 aromatic heterocycles. The summed E-state index contributed by atoms with van der Waals surface area (Å²) < 4.78 is 4.64. The Labute approximate surface area is 99.6 Å². The molecule has 88 valence electrons. The Hall–Kier alpha value is -2.10. The molecular formula is C13H14N2O2. The first-order valence-electron chi connectivity index (χ1n) is 5.60. The van der Waals surface area contributed by atoms with Crippen molar-refractivity contribution in [2.24, 2.45) is 0 Å². The number of anilines is 1. The Morgan fingerprint density at radius 3 is 2.65 bits per heavy atom. The second-order valence-electron chi connectivity index (χ2n) is 3.79. The van der Waals surface area contributed by atoms with E-state index in [4.69, 9.17) is 0 Å². The highest BCUT2D eigenvalue weighted by Crippen LogP contribution is 2.09.